The summed E-state index contributed by atoms with van der Waals surface area (Å²) < 4.78 is 13.6. The Labute approximate surface area is 107 Å². The predicted octanol–water partition coefficient (Wildman–Crippen LogP) is 3.04. The Morgan fingerprint density at radius 1 is 1.06 bits per heavy atom. The van der Waals surface area contributed by atoms with E-state index in [-0.39, 0.29) is 5.82 Å². The van der Waals surface area contributed by atoms with Crippen LogP contribution >= 0.6 is 0 Å². The zero-order valence-corrected chi connectivity index (χ0v) is 10.4. The Bertz CT molecular complexity index is 511. The van der Waals surface area contributed by atoms with Crippen LogP contribution in [0.15, 0.2) is 48.5 Å². The highest BCUT2D eigenvalue weighted by atomic mass is 19.1. The Morgan fingerprint density at radius 3 is 2.44 bits per heavy atom. The second kappa shape index (κ2) is 5.65. The van der Waals surface area contributed by atoms with Crippen molar-refractivity contribution >= 4 is 5.69 Å². The van der Waals surface area contributed by atoms with Gasteiger partial charge in [-0.15, -0.1) is 0 Å². The maximum atomic E-state index is 13.6. The second-order valence-corrected chi connectivity index (χ2v) is 4.51. The summed E-state index contributed by atoms with van der Waals surface area (Å²) in [6, 6.07) is 15.0. The summed E-state index contributed by atoms with van der Waals surface area (Å²) in [5.74, 6) is -0.241. The van der Waals surface area contributed by atoms with Crippen molar-refractivity contribution in [1.82, 2.24) is 4.90 Å². The summed E-state index contributed by atoms with van der Waals surface area (Å²) >= 11 is 0. The molecule has 0 aromatic heterocycles. The molecule has 2 aromatic carbocycles. The largest absolute Gasteiger partial charge is 0.399 e. The van der Waals surface area contributed by atoms with Gasteiger partial charge in [0.2, 0.25) is 0 Å². The van der Waals surface area contributed by atoms with Gasteiger partial charge in [-0.2, -0.15) is 0 Å². The fourth-order valence-corrected chi connectivity index (χ4v) is 1.93. The molecule has 0 aliphatic heterocycles. The van der Waals surface area contributed by atoms with Crippen LogP contribution in [0.2, 0.25) is 0 Å². The zero-order valence-electron chi connectivity index (χ0n) is 10.4. The van der Waals surface area contributed by atoms with Crippen molar-refractivity contribution in [2.75, 3.05) is 12.8 Å². The standard InChI is InChI=1S/C15H17FN2/c1-18(10-12-5-3-2-4-6-12)11-13-7-8-14(17)9-15(13)16/h2-9H,10-11,17H2,1H3. The van der Waals surface area contributed by atoms with Gasteiger partial charge < -0.3 is 5.73 Å². The minimum atomic E-state index is -0.241. The number of hydrogen-bond acceptors (Lipinski definition) is 2. The Hall–Kier alpha value is -1.87. The van der Waals surface area contributed by atoms with Crippen LogP contribution in [0.1, 0.15) is 11.1 Å². The normalized spacial score (nSPS) is 10.8. The van der Waals surface area contributed by atoms with Crippen LogP contribution in [0.5, 0.6) is 0 Å². The molecule has 0 heterocycles. The van der Waals surface area contributed by atoms with E-state index in [2.05, 4.69) is 17.0 Å². The summed E-state index contributed by atoms with van der Waals surface area (Å²) in [6.07, 6.45) is 0. The van der Waals surface area contributed by atoms with E-state index in [0.717, 1.165) is 6.54 Å². The average molecular weight is 244 g/mol. The number of halogens is 1. The molecule has 0 saturated carbocycles. The highest BCUT2D eigenvalue weighted by molar-refractivity contribution is 5.40. The van der Waals surface area contributed by atoms with Gasteiger partial charge in [0.25, 0.3) is 0 Å². The van der Waals surface area contributed by atoms with Crippen LogP contribution in [0, 0.1) is 5.82 Å². The molecule has 18 heavy (non-hydrogen) atoms. The highest BCUT2D eigenvalue weighted by Crippen LogP contribution is 2.14. The maximum Gasteiger partial charge on any atom is 0.129 e. The maximum absolute atomic E-state index is 13.6. The predicted molar refractivity (Wildman–Crippen MR) is 72.4 cm³/mol. The molecule has 0 amide bonds. The van der Waals surface area contributed by atoms with Crippen molar-refractivity contribution in [3.63, 3.8) is 0 Å². The molecule has 0 unspecified atom stereocenters. The number of nitrogen functional groups attached to an aromatic ring is 1. The van der Waals surface area contributed by atoms with Crippen LogP contribution in [-0.2, 0) is 13.1 Å². The molecule has 0 fully saturated rings. The molecule has 0 spiro atoms. The molecular formula is C15H17FN2. The molecule has 2 rings (SSSR count). The van der Waals surface area contributed by atoms with Gasteiger partial charge in [-0.25, -0.2) is 4.39 Å². The summed E-state index contributed by atoms with van der Waals surface area (Å²) in [6.45, 7) is 1.37. The van der Waals surface area contributed by atoms with Crippen LogP contribution in [0.25, 0.3) is 0 Å². The van der Waals surface area contributed by atoms with E-state index in [4.69, 9.17) is 5.73 Å². The Balaban J connectivity index is 2.01. The van der Waals surface area contributed by atoms with Crippen LogP contribution in [0.4, 0.5) is 10.1 Å². The topological polar surface area (TPSA) is 29.3 Å². The first-order chi connectivity index (χ1) is 8.65. The molecule has 2 nitrogen and oxygen atoms in total. The minimum Gasteiger partial charge on any atom is -0.399 e. The van der Waals surface area contributed by atoms with Crippen molar-refractivity contribution in [3.8, 4) is 0 Å². The number of hydrogen-bond donors (Lipinski definition) is 1. The number of nitrogens with two attached hydrogens (primary N) is 1. The highest BCUT2D eigenvalue weighted by Gasteiger charge is 2.06. The van der Waals surface area contributed by atoms with Crippen LogP contribution < -0.4 is 5.73 Å². The Kier molecular flexibility index (Phi) is 3.95. The fourth-order valence-electron chi connectivity index (χ4n) is 1.93. The van der Waals surface area contributed by atoms with Gasteiger partial charge in [-0.1, -0.05) is 36.4 Å². The third-order valence-corrected chi connectivity index (χ3v) is 2.81. The third kappa shape index (κ3) is 3.31. The van der Waals surface area contributed by atoms with Gasteiger partial charge >= 0.3 is 0 Å². The van der Waals surface area contributed by atoms with Gasteiger partial charge in [0.1, 0.15) is 5.82 Å². The number of rotatable bonds is 4. The lowest BCUT2D eigenvalue weighted by atomic mass is 10.1. The molecule has 0 bridgehead atoms. The van der Waals surface area contributed by atoms with Gasteiger partial charge in [-0.3, -0.25) is 4.90 Å². The van der Waals surface area contributed by atoms with Gasteiger partial charge in [0.15, 0.2) is 0 Å². The number of benzene rings is 2. The van der Waals surface area contributed by atoms with E-state index < -0.39 is 0 Å². The third-order valence-electron chi connectivity index (χ3n) is 2.81. The quantitative estimate of drug-likeness (QED) is 0.838. The first-order valence-corrected chi connectivity index (χ1v) is 5.91. The van der Waals surface area contributed by atoms with E-state index in [1.54, 1.807) is 12.1 Å². The molecule has 0 aliphatic carbocycles. The molecule has 2 N–H and O–H groups in total. The van der Waals surface area contributed by atoms with Gasteiger partial charge in [0.05, 0.1) is 0 Å². The van der Waals surface area contributed by atoms with Crippen LogP contribution in [-0.4, -0.2) is 11.9 Å². The lowest BCUT2D eigenvalue weighted by Crippen LogP contribution is -2.18. The minimum absolute atomic E-state index is 0.241. The van der Waals surface area contributed by atoms with E-state index in [1.165, 1.54) is 11.6 Å². The average Bonchev–Trinajstić information content (AvgIpc) is 2.34. The molecule has 0 atom stereocenters. The molecule has 94 valence electrons. The van der Waals surface area contributed by atoms with E-state index in [1.807, 2.05) is 25.2 Å². The molecule has 2 aromatic rings. The fraction of sp³-hybridized carbons (Fsp3) is 0.200. The van der Waals surface area contributed by atoms with Crippen molar-refractivity contribution in [1.29, 1.82) is 0 Å². The van der Waals surface area contributed by atoms with Crippen molar-refractivity contribution in [3.05, 3.63) is 65.5 Å². The summed E-state index contributed by atoms with van der Waals surface area (Å²) in [7, 11) is 1.97. The molecule has 0 radical (unpaired) electrons. The molecule has 3 heteroatoms. The molecule has 0 saturated heterocycles. The van der Waals surface area contributed by atoms with Crippen molar-refractivity contribution < 1.29 is 4.39 Å². The van der Waals surface area contributed by atoms with E-state index >= 15 is 0 Å². The number of anilines is 1. The lowest BCUT2D eigenvalue weighted by Gasteiger charge is -2.17. The SMILES string of the molecule is CN(Cc1ccccc1)Cc1ccc(N)cc1F. The second-order valence-electron chi connectivity index (χ2n) is 4.51. The summed E-state index contributed by atoms with van der Waals surface area (Å²) in [4.78, 5) is 2.07. The van der Waals surface area contributed by atoms with Gasteiger partial charge in [-0.05, 0) is 24.7 Å². The van der Waals surface area contributed by atoms with E-state index in [0.29, 0.717) is 17.8 Å². The monoisotopic (exact) mass is 244 g/mol. The van der Waals surface area contributed by atoms with Gasteiger partial charge in [0, 0.05) is 24.3 Å². The lowest BCUT2D eigenvalue weighted by molar-refractivity contribution is 0.313. The molecular weight excluding hydrogens is 227 g/mol. The summed E-state index contributed by atoms with van der Waals surface area (Å²) in [5.41, 5.74) is 7.88. The molecule has 0 aliphatic rings. The summed E-state index contributed by atoms with van der Waals surface area (Å²) in [5, 5.41) is 0. The number of nitrogens with zero attached hydrogens (tertiary/aromatic N) is 1. The first kappa shape index (κ1) is 12.6. The van der Waals surface area contributed by atoms with Crippen LogP contribution in [0.3, 0.4) is 0 Å². The smallest absolute Gasteiger partial charge is 0.129 e. The van der Waals surface area contributed by atoms with Crippen molar-refractivity contribution in [2.24, 2.45) is 0 Å². The Morgan fingerprint density at radius 2 is 1.78 bits per heavy atom. The van der Waals surface area contributed by atoms with E-state index in [9.17, 15) is 4.39 Å². The van der Waals surface area contributed by atoms with Crippen molar-refractivity contribution in [2.45, 2.75) is 13.1 Å². The first-order valence-electron chi connectivity index (χ1n) is 5.91. The zero-order chi connectivity index (χ0) is 13.0.